The average Bonchev–Trinajstić information content (AvgIpc) is 2.90. The third-order valence-electron chi connectivity index (χ3n) is 3.90. The van der Waals surface area contributed by atoms with E-state index in [4.69, 9.17) is 4.98 Å². The van der Waals surface area contributed by atoms with Crippen LogP contribution in [0.5, 0.6) is 0 Å². The molecule has 1 saturated heterocycles. The Labute approximate surface area is 123 Å². The van der Waals surface area contributed by atoms with Gasteiger partial charge in [0, 0.05) is 18.3 Å². The van der Waals surface area contributed by atoms with Crippen molar-refractivity contribution in [2.75, 3.05) is 24.2 Å². The Kier molecular flexibility index (Phi) is 5.28. The summed E-state index contributed by atoms with van der Waals surface area (Å²) in [4.78, 5) is 19.1. The van der Waals surface area contributed by atoms with Gasteiger partial charge in [0.15, 0.2) is 11.4 Å². The summed E-state index contributed by atoms with van der Waals surface area (Å²) >= 11 is 3.52. The highest BCUT2D eigenvalue weighted by Gasteiger charge is 2.23. The largest absolute Gasteiger partial charge is 0.348 e. The van der Waals surface area contributed by atoms with Gasteiger partial charge in [0.05, 0.1) is 10.6 Å². The molecule has 106 valence electrons. The van der Waals surface area contributed by atoms with Crippen molar-refractivity contribution in [2.45, 2.75) is 44.3 Å². The van der Waals surface area contributed by atoms with E-state index in [1.165, 1.54) is 12.8 Å². The zero-order valence-electron chi connectivity index (χ0n) is 11.9. The highest BCUT2D eigenvalue weighted by Crippen LogP contribution is 2.33. The first-order valence-corrected chi connectivity index (χ1v) is 9.03. The second kappa shape index (κ2) is 6.75. The SMILES string of the molecule is CCC(C)c1nc(N2CCC(SC)CC2)sc1C=O. The number of aromatic nitrogens is 1. The summed E-state index contributed by atoms with van der Waals surface area (Å²) in [5.74, 6) is 0.369. The van der Waals surface area contributed by atoms with Crippen molar-refractivity contribution >= 4 is 34.5 Å². The van der Waals surface area contributed by atoms with Crippen LogP contribution in [0.25, 0.3) is 0 Å². The molecular formula is C14H22N2OS2. The van der Waals surface area contributed by atoms with Gasteiger partial charge < -0.3 is 4.90 Å². The van der Waals surface area contributed by atoms with Gasteiger partial charge in [-0.1, -0.05) is 25.2 Å². The molecule has 1 aliphatic heterocycles. The predicted octanol–water partition coefficient (Wildman–Crippen LogP) is 3.80. The number of aldehydes is 1. The van der Waals surface area contributed by atoms with E-state index in [0.29, 0.717) is 5.92 Å². The van der Waals surface area contributed by atoms with Gasteiger partial charge in [-0.25, -0.2) is 4.98 Å². The van der Waals surface area contributed by atoms with Gasteiger partial charge in [0.1, 0.15) is 0 Å². The molecule has 1 atom stereocenters. The zero-order valence-corrected chi connectivity index (χ0v) is 13.5. The molecule has 1 aromatic rings. The van der Waals surface area contributed by atoms with Crippen molar-refractivity contribution < 1.29 is 4.79 Å². The van der Waals surface area contributed by atoms with Crippen molar-refractivity contribution in [1.82, 2.24) is 4.98 Å². The second-order valence-electron chi connectivity index (χ2n) is 5.10. The van der Waals surface area contributed by atoms with Gasteiger partial charge in [-0.2, -0.15) is 11.8 Å². The number of hydrogen-bond acceptors (Lipinski definition) is 5. The number of carbonyl (C=O) groups excluding carboxylic acids is 1. The molecule has 1 fully saturated rings. The first-order chi connectivity index (χ1) is 9.19. The highest BCUT2D eigenvalue weighted by molar-refractivity contribution is 7.99. The molecule has 1 aliphatic rings. The Bertz CT molecular complexity index is 425. The second-order valence-corrected chi connectivity index (χ2v) is 7.24. The van der Waals surface area contributed by atoms with Gasteiger partial charge in [0.25, 0.3) is 0 Å². The summed E-state index contributed by atoms with van der Waals surface area (Å²) in [5, 5.41) is 1.83. The van der Waals surface area contributed by atoms with E-state index < -0.39 is 0 Å². The summed E-state index contributed by atoms with van der Waals surface area (Å²) in [7, 11) is 0. The molecule has 5 heteroatoms. The first kappa shape index (κ1) is 14.9. The molecule has 0 aromatic carbocycles. The maximum absolute atomic E-state index is 11.2. The third kappa shape index (κ3) is 3.31. The average molecular weight is 298 g/mol. The van der Waals surface area contributed by atoms with Crippen LogP contribution in [0.15, 0.2) is 0 Å². The molecule has 0 radical (unpaired) electrons. The van der Waals surface area contributed by atoms with Gasteiger partial charge >= 0.3 is 0 Å². The maximum atomic E-state index is 11.2. The molecule has 0 saturated carbocycles. The molecule has 0 bridgehead atoms. The summed E-state index contributed by atoms with van der Waals surface area (Å²) in [5.41, 5.74) is 0.990. The molecule has 2 rings (SSSR count). The van der Waals surface area contributed by atoms with Gasteiger partial charge in [-0.3, -0.25) is 4.79 Å². The topological polar surface area (TPSA) is 33.2 Å². The fourth-order valence-corrected chi connectivity index (χ4v) is 4.11. The Morgan fingerprint density at radius 2 is 2.21 bits per heavy atom. The number of hydrogen-bond donors (Lipinski definition) is 0. The standard InChI is InChI=1S/C14H22N2OS2/c1-4-10(2)13-12(9-17)19-14(15-13)16-7-5-11(18-3)6-8-16/h9-11H,4-8H2,1-3H3. The molecule has 2 heterocycles. The van der Waals surface area contributed by atoms with Gasteiger partial charge in [-0.05, 0) is 31.4 Å². The predicted molar refractivity (Wildman–Crippen MR) is 85.0 cm³/mol. The van der Waals surface area contributed by atoms with E-state index in [0.717, 1.165) is 46.7 Å². The number of carbonyl (C=O) groups is 1. The molecule has 0 amide bonds. The Morgan fingerprint density at radius 3 is 2.74 bits per heavy atom. The van der Waals surface area contributed by atoms with Crippen LogP contribution in [0.3, 0.4) is 0 Å². The number of thioether (sulfide) groups is 1. The van der Waals surface area contributed by atoms with Crippen LogP contribution in [0.4, 0.5) is 5.13 Å². The highest BCUT2D eigenvalue weighted by atomic mass is 32.2. The molecule has 0 N–H and O–H groups in total. The fourth-order valence-electron chi connectivity index (χ4n) is 2.38. The van der Waals surface area contributed by atoms with Crippen LogP contribution in [0.2, 0.25) is 0 Å². The quantitative estimate of drug-likeness (QED) is 0.774. The Balaban J connectivity index is 2.13. The van der Waals surface area contributed by atoms with Crippen LogP contribution in [0, 0.1) is 0 Å². The van der Waals surface area contributed by atoms with Gasteiger partial charge in [-0.15, -0.1) is 0 Å². The number of nitrogens with zero attached hydrogens (tertiary/aromatic N) is 2. The maximum Gasteiger partial charge on any atom is 0.186 e. The Hall–Kier alpha value is -0.550. The molecule has 19 heavy (non-hydrogen) atoms. The lowest BCUT2D eigenvalue weighted by Gasteiger charge is -2.30. The van der Waals surface area contributed by atoms with Crippen molar-refractivity contribution in [3.63, 3.8) is 0 Å². The van der Waals surface area contributed by atoms with Crippen LogP contribution >= 0.6 is 23.1 Å². The molecule has 1 unspecified atom stereocenters. The lowest BCUT2D eigenvalue weighted by atomic mass is 10.0. The molecule has 0 aliphatic carbocycles. The van der Waals surface area contributed by atoms with E-state index in [-0.39, 0.29) is 0 Å². The summed E-state index contributed by atoms with van der Waals surface area (Å²) in [6.45, 7) is 6.42. The monoisotopic (exact) mass is 298 g/mol. The minimum absolute atomic E-state index is 0.369. The van der Waals surface area contributed by atoms with Crippen LogP contribution in [-0.2, 0) is 0 Å². The molecule has 1 aromatic heterocycles. The summed E-state index contributed by atoms with van der Waals surface area (Å²) in [6, 6.07) is 0. The third-order valence-corrected chi connectivity index (χ3v) is 6.10. The van der Waals surface area contributed by atoms with Crippen LogP contribution in [-0.4, -0.2) is 35.9 Å². The van der Waals surface area contributed by atoms with E-state index >= 15 is 0 Å². The fraction of sp³-hybridized carbons (Fsp3) is 0.714. The van der Waals surface area contributed by atoms with E-state index in [9.17, 15) is 4.79 Å². The summed E-state index contributed by atoms with van der Waals surface area (Å²) in [6.07, 6.45) is 6.62. The van der Waals surface area contributed by atoms with Crippen molar-refractivity contribution in [2.24, 2.45) is 0 Å². The normalized spacial score (nSPS) is 18.6. The number of piperidine rings is 1. The van der Waals surface area contributed by atoms with Crippen molar-refractivity contribution in [3.05, 3.63) is 10.6 Å². The van der Waals surface area contributed by atoms with E-state index in [2.05, 4.69) is 25.0 Å². The number of thiazole rings is 1. The van der Waals surface area contributed by atoms with E-state index in [1.807, 2.05) is 11.8 Å². The molecular weight excluding hydrogens is 276 g/mol. The van der Waals surface area contributed by atoms with Crippen LogP contribution in [0.1, 0.15) is 54.4 Å². The number of anilines is 1. The zero-order chi connectivity index (χ0) is 13.8. The number of rotatable bonds is 5. The smallest absolute Gasteiger partial charge is 0.186 e. The minimum atomic E-state index is 0.369. The Morgan fingerprint density at radius 1 is 1.53 bits per heavy atom. The van der Waals surface area contributed by atoms with E-state index in [1.54, 1.807) is 11.3 Å². The molecule has 3 nitrogen and oxygen atoms in total. The van der Waals surface area contributed by atoms with Crippen molar-refractivity contribution in [3.8, 4) is 0 Å². The minimum Gasteiger partial charge on any atom is -0.348 e. The lowest BCUT2D eigenvalue weighted by molar-refractivity contribution is 0.112. The van der Waals surface area contributed by atoms with Crippen molar-refractivity contribution in [1.29, 1.82) is 0 Å². The van der Waals surface area contributed by atoms with Crippen LogP contribution < -0.4 is 4.90 Å². The van der Waals surface area contributed by atoms with Gasteiger partial charge in [0.2, 0.25) is 0 Å². The summed E-state index contributed by atoms with van der Waals surface area (Å²) < 4.78 is 0. The molecule has 0 spiro atoms. The first-order valence-electron chi connectivity index (χ1n) is 6.93. The lowest BCUT2D eigenvalue weighted by Crippen LogP contribution is -2.34.